The molecule has 2 rings (SSSR count). The van der Waals surface area contributed by atoms with Crippen molar-refractivity contribution < 1.29 is 4.70 Å². The molecule has 2 fully saturated rings. The van der Waals surface area contributed by atoms with Crippen LogP contribution in [0.1, 0.15) is 46.0 Å². The molecule has 1 heterocycles. The van der Waals surface area contributed by atoms with Crippen molar-refractivity contribution in [3.63, 3.8) is 0 Å². The third-order valence-electron chi connectivity index (χ3n) is 4.46. The molecule has 0 bridgehead atoms. The monoisotopic (exact) mass is 230 g/mol. The van der Waals surface area contributed by atoms with Crippen molar-refractivity contribution in [1.82, 2.24) is 9.80 Å². The molecule has 0 aromatic heterocycles. The van der Waals surface area contributed by atoms with Crippen molar-refractivity contribution in [2.75, 3.05) is 20.1 Å². The summed E-state index contributed by atoms with van der Waals surface area (Å²) in [5, 5.41) is 0. The number of hydrogen-bond acceptors (Lipinski definition) is 2. The molecular formula is C13H27FN2. The van der Waals surface area contributed by atoms with E-state index < -0.39 is 0 Å². The Morgan fingerprint density at radius 1 is 1.00 bits per heavy atom. The highest BCUT2D eigenvalue weighted by Crippen LogP contribution is 2.28. The van der Waals surface area contributed by atoms with Gasteiger partial charge in [-0.05, 0) is 59.7 Å². The van der Waals surface area contributed by atoms with Crippen molar-refractivity contribution in [3.8, 4) is 0 Å². The maximum absolute atomic E-state index is 2.67. The van der Waals surface area contributed by atoms with E-state index in [9.17, 15) is 0 Å². The van der Waals surface area contributed by atoms with Gasteiger partial charge < -0.3 is 9.80 Å². The minimum Gasteiger partial charge on any atom is -0.301 e. The van der Waals surface area contributed by atoms with Crippen molar-refractivity contribution in [1.29, 1.82) is 0 Å². The maximum Gasteiger partial charge on any atom is 0.0119 e. The molecule has 16 heavy (non-hydrogen) atoms. The van der Waals surface area contributed by atoms with Crippen LogP contribution in [0, 0.1) is 0 Å². The molecule has 0 aromatic rings. The molecule has 0 spiro atoms. The Labute approximate surface area is 99.4 Å². The third-order valence-corrected chi connectivity index (χ3v) is 4.46. The zero-order chi connectivity index (χ0) is 10.8. The quantitative estimate of drug-likeness (QED) is 0.735. The number of likely N-dealkylation sites (tertiary alicyclic amines) is 1. The van der Waals surface area contributed by atoms with Gasteiger partial charge in [0, 0.05) is 18.1 Å². The van der Waals surface area contributed by atoms with Crippen LogP contribution in [-0.4, -0.2) is 48.1 Å². The molecule has 3 heteroatoms. The maximum atomic E-state index is 2.67. The minimum atomic E-state index is 0. The summed E-state index contributed by atoms with van der Waals surface area (Å²) in [6, 6.07) is 2.52. The molecule has 1 saturated carbocycles. The van der Waals surface area contributed by atoms with Crippen molar-refractivity contribution in [2.45, 2.75) is 64.1 Å². The van der Waals surface area contributed by atoms with E-state index in [0.29, 0.717) is 0 Å². The summed E-state index contributed by atoms with van der Waals surface area (Å²) in [6.07, 6.45) is 7.11. The molecule has 2 aliphatic rings. The number of halogens is 1. The summed E-state index contributed by atoms with van der Waals surface area (Å²) in [5.74, 6) is 0. The Morgan fingerprint density at radius 3 is 1.88 bits per heavy atom. The molecule has 96 valence electrons. The summed E-state index contributed by atoms with van der Waals surface area (Å²) in [5.41, 5.74) is 0. The van der Waals surface area contributed by atoms with Crippen LogP contribution in [-0.2, 0) is 0 Å². The van der Waals surface area contributed by atoms with Gasteiger partial charge >= 0.3 is 0 Å². The van der Waals surface area contributed by atoms with E-state index in [4.69, 9.17) is 0 Å². The van der Waals surface area contributed by atoms with Gasteiger partial charge in [0.15, 0.2) is 0 Å². The zero-order valence-electron chi connectivity index (χ0n) is 11.0. The first-order valence-electron chi connectivity index (χ1n) is 6.64. The van der Waals surface area contributed by atoms with E-state index in [1.165, 1.54) is 45.2 Å². The molecule has 0 unspecified atom stereocenters. The van der Waals surface area contributed by atoms with Crippen LogP contribution in [0.25, 0.3) is 0 Å². The van der Waals surface area contributed by atoms with Gasteiger partial charge in [-0.15, -0.1) is 0 Å². The van der Waals surface area contributed by atoms with E-state index in [1.54, 1.807) is 0 Å². The molecule has 0 N–H and O–H groups in total. The fourth-order valence-electron chi connectivity index (χ4n) is 2.90. The molecule has 0 radical (unpaired) electrons. The second-order valence-electron chi connectivity index (χ2n) is 5.61. The van der Waals surface area contributed by atoms with Crippen LogP contribution in [0.15, 0.2) is 0 Å². The summed E-state index contributed by atoms with van der Waals surface area (Å²) in [6.45, 7) is 7.24. The Kier molecular flexibility index (Phi) is 5.19. The standard InChI is InChI=1S/C13H26N2.FH/c1-11(2)15-9-7-13(8-10-15)14(3)12-5-4-6-12;/h11-13H,4-10H2,1-3H3;1H. The number of nitrogens with zero attached hydrogens (tertiary/aromatic N) is 2. The summed E-state index contributed by atoms with van der Waals surface area (Å²) in [7, 11) is 2.35. The highest BCUT2D eigenvalue weighted by Gasteiger charge is 2.30. The Balaban J connectivity index is 0.00000128. The van der Waals surface area contributed by atoms with E-state index in [1.807, 2.05) is 0 Å². The fourth-order valence-corrected chi connectivity index (χ4v) is 2.90. The van der Waals surface area contributed by atoms with Crippen LogP contribution in [0.2, 0.25) is 0 Å². The van der Waals surface area contributed by atoms with E-state index in [2.05, 4.69) is 30.7 Å². The lowest BCUT2D eigenvalue weighted by molar-refractivity contribution is 0.0550. The topological polar surface area (TPSA) is 6.48 Å². The fraction of sp³-hybridized carbons (Fsp3) is 1.00. The predicted molar refractivity (Wildman–Crippen MR) is 67.6 cm³/mol. The van der Waals surface area contributed by atoms with E-state index >= 15 is 0 Å². The summed E-state index contributed by atoms with van der Waals surface area (Å²) >= 11 is 0. The first-order chi connectivity index (χ1) is 7.18. The average molecular weight is 230 g/mol. The smallest absolute Gasteiger partial charge is 0.0119 e. The van der Waals surface area contributed by atoms with Crippen molar-refractivity contribution in [3.05, 3.63) is 0 Å². The number of piperidine rings is 1. The highest BCUT2D eigenvalue weighted by molar-refractivity contribution is 4.86. The van der Waals surface area contributed by atoms with Crippen LogP contribution in [0.3, 0.4) is 0 Å². The lowest BCUT2D eigenvalue weighted by atomic mass is 9.89. The average Bonchev–Trinajstić information content (AvgIpc) is 2.15. The van der Waals surface area contributed by atoms with Crippen molar-refractivity contribution in [2.24, 2.45) is 0 Å². The number of hydrogen-bond donors (Lipinski definition) is 0. The summed E-state index contributed by atoms with van der Waals surface area (Å²) < 4.78 is 0. The minimum absolute atomic E-state index is 0. The predicted octanol–water partition coefficient (Wildman–Crippen LogP) is 2.50. The highest BCUT2D eigenvalue weighted by atomic mass is 19.0. The van der Waals surface area contributed by atoms with Gasteiger partial charge in [-0.3, -0.25) is 4.70 Å². The van der Waals surface area contributed by atoms with Crippen LogP contribution in [0.5, 0.6) is 0 Å². The van der Waals surface area contributed by atoms with E-state index in [-0.39, 0.29) is 4.70 Å². The lowest BCUT2D eigenvalue weighted by Crippen LogP contribution is -2.50. The molecule has 0 aromatic carbocycles. The van der Waals surface area contributed by atoms with Gasteiger partial charge in [0.25, 0.3) is 0 Å². The molecule has 2 nitrogen and oxygen atoms in total. The van der Waals surface area contributed by atoms with Gasteiger partial charge in [-0.2, -0.15) is 0 Å². The lowest BCUT2D eigenvalue weighted by Gasteiger charge is -2.44. The molecule has 1 aliphatic heterocycles. The first kappa shape index (κ1) is 13.9. The second-order valence-corrected chi connectivity index (χ2v) is 5.61. The SMILES string of the molecule is CC(C)N1CCC(N(C)C2CCC2)CC1.F. The number of rotatable bonds is 3. The Bertz CT molecular complexity index is 196. The zero-order valence-corrected chi connectivity index (χ0v) is 11.0. The van der Waals surface area contributed by atoms with Crippen molar-refractivity contribution >= 4 is 0 Å². The van der Waals surface area contributed by atoms with E-state index in [0.717, 1.165) is 18.1 Å². The normalized spacial score (nSPS) is 24.6. The third kappa shape index (κ3) is 2.95. The van der Waals surface area contributed by atoms with Gasteiger partial charge in [0.1, 0.15) is 0 Å². The molecule has 1 saturated heterocycles. The van der Waals surface area contributed by atoms with Gasteiger partial charge in [0.2, 0.25) is 0 Å². The summed E-state index contributed by atoms with van der Waals surface area (Å²) in [4.78, 5) is 5.28. The largest absolute Gasteiger partial charge is 0.301 e. The Morgan fingerprint density at radius 2 is 1.50 bits per heavy atom. The van der Waals surface area contributed by atoms with Gasteiger partial charge in [-0.25, -0.2) is 0 Å². The van der Waals surface area contributed by atoms with Crippen LogP contribution in [0.4, 0.5) is 4.70 Å². The van der Waals surface area contributed by atoms with Gasteiger partial charge in [-0.1, -0.05) is 6.42 Å². The molecular weight excluding hydrogens is 203 g/mol. The Hall–Kier alpha value is -0.150. The van der Waals surface area contributed by atoms with Crippen LogP contribution >= 0.6 is 0 Å². The molecule has 1 aliphatic carbocycles. The molecule has 0 atom stereocenters. The van der Waals surface area contributed by atoms with Gasteiger partial charge in [0.05, 0.1) is 0 Å². The molecule has 0 amide bonds. The second kappa shape index (κ2) is 5.97. The van der Waals surface area contributed by atoms with Crippen LogP contribution < -0.4 is 0 Å². The first-order valence-corrected chi connectivity index (χ1v) is 6.64.